The summed E-state index contributed by atoms with van der Waals surface area (Å²) < 4.78 is 13.2. The number of nitrogens with zero attached hydrogens (tertiary/aromatic N) is 2. The first kappa shape index (κ1) is 10.7. The summed E-state index contributed by atoms with van der Waals surface area (Å²) in [5.74, 6) is 0.121. The Balaban J connectivity index is 2.24. The molecule has 2 rings (SSSR count). The van der Waals surface area contributed by atoms with E-state index in [1.165, 1.54) is 6.42 Å². The fourth-order valence-corrected chi connectivity index (χ4v) is 2.11. The Morgan fingerprint density at radius 2 is 2.27 bits per heavy atom. The van der Waals surface area contributed by atoms with E-state index >= 15 is 0 Å². The maximum Gasteiger partial charge on any atom is 0.233 e. The SMILES string of the molecule is C[C@H]1CCCCN1c1ccc(Cl)c(F)n1. The molecule has 0 N–H and O–H groups in total. The van der Waals surface area contributed by atoms with Crippen LogP contribution in [0.25, 0.3) is 0 Å². The Bertz CT molecular complexity index is 356. The molecule has 1 aromatic heterocycles. The van der Waals surface area contributed by atoms with E-state index in [1.54, 1.807) is 12.1 Å². The summed E-state index contributed by atoms with van der Waals surface area (Å²) in [6, 6.07) is 3.79. The molecule has 1 fully saturated rings. The van der Waals surface area contributed by atoms with Gasteiger partial charge in [0.2, 0.25) is 5.95 Å². The van der Waals surface area contributed by atoms with Crippen molar-refractivity contribution in [3.05, 3.63) is 23.1 Å². The minimum absolute atomic E-state index is 0.0865. The van der Waals surface area contributed by atoms with Gasteiger partial charge in [0.05, 0.1) is 5.02 Å². The average Bonchev–Trinajstić information content (AvgIpc) is 2.23. The van der Waals surface area contributed by atoms with Gasteiger partial charge in [-0.05, 0) is 38.3 Å². The molecule has 0 radical (unpaired) electrons. The molecule has 1 atom stereocenters. The van der Waals surface area contributed by atoms with Crippen LogP contribution in [0.3, 0.4) is 0 Å². The van der Waals surface area contributed by atoms with Crippen LogP contribution in [0.4, 0.5) is 10.2 Å². The minimum atomic E-state index is -0.577. The monoisotopic (exact) mass is 228 g/mol. The van der Waals surface area contributed by atoms with E-state index in [2.05, 4.69) is 16.8 Å². The predicted molar refractivity (Wildman–Crippen MR) is 59.9 cm³/mol. The van der Waals surface area contributed by atoms with Gasteiger partial charge in [-0.1, -0.05) is 11.6 Å². The summed E-state index contributed by atoms with van der Waals surface area (Å²) in [5, 5.41) is 0.0865. The zero-order valence-electron chi connectivity index (χ0n) is 8.71. The van der Waals surface area contributed by atoms with Gasteiger partial charge in [-0.15, -0.1) is 0 Å². The number of hydrogen-bond acceptors (Lipinski definition) is 2. The topological polar surface area (TPSA) is 16.1 Å². The molecule has 82 valence electrons. The number of aromatic nitrogens is 1. The van der Waals surface area contributed by atoms with Crippen LogP contribution in [0.15, 0.2) is 12.1 Å². The van der Waals surface area contributed by atoms with Crippen molar-refractivity contribution in [1.29, 1.82) is 0 Å². The molecule has 0 unspecified atom stereocenters. The lowest BCUT2D eigenvalue weighted by Crippen LogP contribution is -2.38. The standard InChI is InChI=1S/C11H14ClFN2/c1-8-4-2-3-7-15(8)10-6-5-9(12)11(13)14-10/h5-6,8H,2-4,7H2,1H3/t8-/m0/s1. The molecule has 2 nitrogen and oxygen atoms in total. The molecule has 0 saturated carbocycles. The molecule has 15 heavy (non-hydrogen) atoms. The van der Waals surface area contributed by atoms with Gasteiger partial charge in [0, 0.05) is 12.6 Å². The van der Waals surface area contributed by atoms with Gasteiger partial charge in [-0.3, -0.25) is 0 Å². The van der Waals surface area contributed by atoms with Crippen molar-refractivity contribution < 1.29 is 4.39 Å². The molecule has 0 aliphatic carbocycles. The molecule has 1 aliphatic heterocycles. The van der Waals surface area contributed by atoms with Crippen molar-refractivity contribution in [1.82, 2.24) is 4.98 Å². The maximum atomic E-state index is 13.2. The molecule has 1 saturated heterocycles. The summed E-state index contributed by atoms with van der Waals surface area (Å²) >= 11 is 5.60. The van der Waals surface area contributed by atoms with E-state index in [0.717, 1.165) is 19.4 Å². The van der Waals surface area contributed by atoms with Crippen molar-refractivity contribution in [2.24, 2.45) is 0 Å². The first-order valence-corrected chi connectivity index (χ1v) is 5.65. The second-order valence-corrected chi connectivity index (χ2v) is 4.39. The van der Waals surface area contributed by atoms with Gasteiger partial charge in [0.1, 0.15) is 5.82 Å². The van der Waals surface area contributed by atoms with Crippen LogP contribution in [0.5, 0.6) is 0 Å². The molecule has 1 aliphatic rings. The van der Waals surface area contributed by atoms with E-state index in [0.29, 0.717) is 11.9 Å². The van der Waals surface area contributed by atoms with E-state index in [9.17, 15) is 4.39 Å². The third-order valence-electron chi connectivity index (χ3n) is 2.89. The molecule has 0 amide bonds. The van der Waals surface area contributed by atoms with E-state index in [-0.39, 0.29) is 5.02 Å². The highest BCUT2D eigenvalue weighted by molar-refractivity contribution is 6.30. The van der Waals surface area contributed by atoms with Crippen molar-refractivity contribution in [3.63, 3.8) is 0 Å². The summed E-state index contributed by atoms with van der Waals surface area (Å²) in [5.41, 5.74) is 0. The van der Waals surface area contributed by atoms with Gasteiger partial charge < -0.3 is 4.90 Å². The van der Waals surface area contributed by atoms with Crippen LogP contribution in [0, 0.1) is 5.95 Å². The Labute approximate surface area is 94.1 Å². The summed E-state index contributed by atoms with van der Waals surface area (Å²) in [6.45, 7) is 3.10. The molecular weight excluding hydrogens is 215 g/mol. The molecule has 1 aromatic rings. The maximum absolute atomic E-state index is 13.2. The van der Waals surface area contributed by atoms with Crippen molar-refractivity contribution in [3.8, 4) is 0 Å². The summed E-state index contributed by atoms with van der Waals surface area (Å²) in [6.07, 6.45) is 3.54. The predicted octanol–water partition coefficient (Wildman–Crippen LogP) is 3.25. The smallest absolute Gasteiger partial charge is 0.233 e. The van der Waals surface area contributed by atoms with Gasteiger partial charge in [0.25, 0.3) is 0 Å². The van der Waals surface area contributed by atoms with Crippen molar-refractivity contribution in [2.75, 3.05) is 11.4 Å². The lowest BCUT2D eigenvalue weighted by Gasteiger charge is -2.34. The Hall–Kier alpha value is -0.830. The second kappa shape index (κ2) is 4.35. The number of piperidine rings is 1. The Kier molecular flexibility index (Phi) is 3.10. The van der Waals surface area contributed by atoms with Crippen LogP contribution in [0.2, 0.25) is 5.02 Å². The number of halogens is 2. The average molecular weight is 229 g/mol. The van der Waals surface area contributed by atoms with Crippen molar-refractivity contribution >= 4 is 17.4 Å². The number of anilines is 1. The number of pyridine rings is 1. The molecule has 0 aromatic carbocycles. The number of hydrogen-bond donors (Lipinski definition) is 0. The quantitative estimate of drug-likeness (QED) is 0.686. The van der Waals surface area contributed by atoms with E-state index in [4.69, 9.17) is 11.6 Å². The zero-order chi connectivity index (χ0) is 10.8. The third kappa shape index (κ3) is 2.23. The Morgan fingerprint density at radius 3 is 2.93 bits per heavy atom. The molecule has 0 spiro atoms. The van der Waals surface area contributed by atoms with Crippen LogP contribution >= 0.6 is 11.6 Å². The lowest BCUT2D eigenvalue weighted by molar-refractivity contribution is 0.476. The van der Waals surface area contributed by atoms with Crippen LogP contribution < -0.4 is 4.90 Å². The highest BCUT2D eigenvalue weighted by Gasteiger charge is 2.20. The van der Waals surface area contributed by atoms with Gasteiger partial charge in [0.15, 0.2) is 0 Å². The lowest BCUT2D eigenvalue weighted by atomic mass is 10.0. The largest absolute Gasteiger partial charge is 0.354 e. The fourth-order valence-electron chi connectivity index (χ4n) is 2.01. The van der Waals surface area contributed by atoms with E-state index < -0.39 is 5.95 Å². The molecule has 2 heterocycles. The summed E-state index contributed by atoms with van der Waals surface area (Å²) in [7, 11) is 0. The second-order valence-electron chi connectivity index (χ2n) is 3.98. The summed E-state index contributed by atoms with van der Waals surface area (Å²) in [4.78, 5) is 6.02. The Morgan fingerprint density at radius 1 is 1.47 bits per heavy atom. The highest BCUT2D eigenvalue weighted by Crippen LogP contribution is 2.24. The van der Waals surface area contributed by atoms with Crippen molar-refractivity contribution in [2.45, 2.75) is 32.2 Å². The number of rotatable bonds is 1. The van der Waals surface area contributed by atoms with Gasteiger partial charge in [-0.2, -0.15) is 4.39 Å². The van der Waals surface area contributed by atoms with Crippen LogP contribution in [0.1, 0.15) is 26.2 Å². The molecule has 4 heteroatoms. The fraction of sp³-hybridized carbons (Fsp3) is 0.545. The normalized spacial score (nSPS) is 21.8. The van der Waals surface area contributed by atoms with Gasteiger partial charge >= 0.3 is 0 Å². The van der Waals surface area contributed by atoms with E-state index in [1.807, 2.05) is 0 Å². The minimum Gasteiger partial charge on any atom is -0.354 e. The first-order chi connectivity index (χ1) is 7.18. The van der Waals surface area contributed by atoms with Crippen LogP contribution in [-0.4, -0.2) is 17.6 Å². The highest BCUT2D eigenvalue weighted by atomic mass is 35.5. The van der Waals surface area contributed by atoms with Crippen LogP contribution in [-0.2, 0) is 0 Å². The first-order valence-electron chi connectivity index (χ1n) is 5.27. The van der Waals surface area contributed by atoms with Gasteiger partial charge in [-0.25, -0.2) is 4.98 Å². The third-order valence-corrected chi connectivity index (χ3v) is 3.17. The molecule has 0 bridgehead atoms. The zero-order valence-corrected chi connectivity index (χ0v) is 9.47. The molecular formula is C11H14ClFN2.